The zero-order valence-electron chi connectivity index (χ0n) is 16.6. The van der Waals surface area contributed by atoms with Crippen LogP contribution in [-0.4, -0.2) is 22.5 Å². The first-order valence-corrected chi connectivity index (χ1v) is 10.1. The number of rotatable bonds is 4. The summed E-state index contributed by atoms with van der Waals surface area (Å²) < 4.78 is 40.4. The van der Waals surface area contributed by atoms with E-state index in [2.05, 4.69) is 4.85 Å². The van der Waals surface area contributed by atoms with Crippen molar-refractivity contribution in [1.29, 1.82) is 0 Å². The summed E-state index contributed by atoms with van der Waals surface area (Å²) in [6, 6.07) is 9.98. The van der Waals surface area contributed by atoms with Crippen molar-refractivity contribution in [2.75, 3.05) is 9.80 Å². The molecule has 0 unspecified atom stereocenters. The number of thiocarbonyl (C=S) groups is 1. The van der Waals surface area contributed by atoms with Crippen LogP contribution in [0.25, 0.3) is 4.85 Å². The molecule has 0 atom stereocenters. The lowest BCUT2D eigenvalue weighted by molar-refractivity contribution is -0.137. The van der Waals surface area contributed by atoms with Crippen molar-refractivity contribution in [3.05, 3.63) is 65.0 Å². The van der Waals surface area contributed by atoms with Crippen molar-refractivity contribution in [2.24, 2.45) is 5.73 Å². The fourth-order valence-corrected chi connectivity index (χ4v) is 4.63. The summed E-state index contributed by atoms with van der Waals surface area (Å²) >= 11 is 5.57. The zero-order chi connectivity index (χ0) is 23.3. The number of anilines is 2. The van der Waals surface area contributed by atoms with E-state index >= 15 is 0 Å². The molecule has 4 rings (SSSR count). The van der Waals surface area contributed by atoms with Crippen LogP contribution in [-0.2, 0) is 22.2 Å². The average molecular weight is 458 g/mol. The topological polar surface area (TPSA) is 71.0 Å². The molecule has 1 heterocycles. The molecule has 2 aromatic rings. The molecule has 1 spiro atoms. The van der Waals surface area contributed by atoms with Gasteiger partial charge in [0.15, 0.2) is 10.8 Å². The highest BCUT2D eigenvalue weighted by molar-refractivity contribution is 7.81. The molecule has 2 aromatic carbocycles. The van der Waals surface area contributed by atoms with Crippen LogP contribution in [0.4, 0.5) is 30.2 Å². The van der Waals surface area contributed by atoms with E-state index in [9.17, 15) is 22.8 Å². The fraction of sp³-hybridized carbons (Fsp3) is 0.273. The number of hydrogen-bond acceptors (Lipinski definition) is 3. The van der Waals surface area contributed by atoms with Crippen LogP contribution in [0, 0.1) is 6.57 Å². The molecule has 0 bridgehead atoms. The van der Waals surface area contributed by atoms with E-state index in [0.29, 0.717) is 24.1 Å². The van der Waals surface area contributed by atoms with E-state index in [1.54, 1.807) is 29.2 Å². The standard InChI is InChI=1S/C22H17F3N4O2S/c1-27-17-8-7-15(12-16(17)22(23,24)25)28-19(31)21(9-2-10-21)29(20(28)32)14-5-3-13(4-6-14)11-18(26)30/h3-8,12H,2,9-11H2,(H2,26,30). The first-order valence-electron chi connectivity index (χ1n) is 9.73. The van der Waals surface area contributed by atoms with Gasteiger partial charge in [0, 0.05) is 11.4 Å². The van der Waals surface area contributed by atoms with Crippen LogP contribution in [0.1, 0.15) is 30.4 Å². The molecule has 2 N–H and O–H groups in total. The highest BCUT2D eigenvalue weighted by Gasteiger charge is 2.59. The maximum absolute atomic E-state index is 13.5. The Hall–Kier alpha value is -3.45. The van der Waals surface area contributed by atoms with Gasteiger partial charge < -0.3 is 10.6 Å². The quantitative estimate of drug-likeness (QED) is 0.547. The minimum Gasteiger partial charge on any atom is -0.369 e. The number of amides is 2. The Labute approximate surface area is 187 Å². The summed E-state index contributed by atoms with van der Waals surface area (Å²) in [6.07, 6.45) is -2.88. The summed E-state index contributed by atoms with van der Waals surface area (Å²) in [5.74, 6) is -0.867. The van der Waals surface area contributed by atoms with Gasteiger partial charge in [-0.05, 0) is 61.3 Å². The van der Waals surface area contributed by atoms with Gasteiger partial charge in [0.25, 0.3) is 5.91 Å². The molecule has 1 aliphatic heterocycles. The molecule has 1 saturated carbocycles. The van der Waals surface area contributed by atoms with Crippen molar-refractivity contribution in [3.8, 4) is 0 Å². The first-order chi connectivity index (χ1) is 15.1. The van der Waals surface area contributed by atoms with Gasteiger partial charge in [0.1, 0.15) is 5.54 Å². The summed E-state index contributed by atoms with van der Waals surface area (Å²) in [6.45, 7) is 7.01. The van der Waals surface area contributed by atoms with Gasteiger partial charge in [-0.2, -0.15) is 13.2 Å². The molecule has 6 nitrogen and oxygen atoms in total. The predicted octanol–water partition coefficient (Wildman–Crippen LogP) is 4.34. The number of benzene rings is 2. The summed E-state index contributed by atoms with van der Waals surface area (Å²) in [7, 11) is 0. The first kappa shape index (κ1) is 21.8. The minimum absolute atomic E-state index is 0.0288. The van der Waals surface area contributed by atoms with Crippen molar-refractivity contribution >= 4 is 46.2 Å². The molecule has 2 aliphatic rings. The minimum atomic E-state index is -4.75. The van der Waals surface area contributed by atoms with E-state index < -0.39 is 34.8 Å². The Bertz CT molecular complexity index is 1170. The van der Waals surface area contributed by atoms with E-state index in [1.807, 2.05) is 0 Å². The number of alkyl halides is 3. The number of primary amides is 1. The molecular formula is C22H17F3N4O2S. The maximum atomic E-state index is 13.5. The van der Waals surface area contributed by atoms with Crippen LogP contribution in [0.5, 0.6) is 0 Å². The zero-order valence-corrected chi connectivity index (χ0v) is 17.5. The average Bonchev–Trinajstić information content (AvgIpc) is 2.94. The van der Waals surface area contributed by atoms with E-state index in [1.165, 1.54) is 6.07 Å². The second kappa shape index (κ2) is 7.60. The normalized spacial score (nSPS) is 17.4. The highest BCUT2D eigenvalue weighted by atomic mass is 32.1. The smallest absolute Gasteiger partial charge is 0.369 e. The largest absolute Gasteiger partial charge is 0.407 e. The summed E-state index contributed by atoms with van der Waals surface area (Å²) in [4.78, 5) is 30.3. The molecule has 1 aliphatic carbocycles. The molecule has 164 valence electrons. The second-order valence-electron chi connectivity index (χ2n) is 7.76. The van der Waals surface area contributed by atoms with Gasteiger partial charge in [0.2, 0.25) is 5.91 Å². The van der Waals surface area contributed by atoms with Crippen LogP contribution in [0.15, 0.2) is 42.5 Å². The van der Waals surface area contributed by atoms with Crippen molar-refractivity contribution in [1.82, 2.24) is 0 Å². The number of hydrogen-bond donors (Lipinski definition) is 1. The molecule has 2 amide bonds. The van der Waals surface area contributed by atoms with Crippen LogP contribution < -0.4 is 15.5 Å². The van der Waals surface area contributed by atoms with Gasteiger partial charge in [0.05, 0.1) is 18.6 Å². The van der Waals surface area contributed by atoms with E-state index in [-0.39, 0.29) is 17.2 Å². The molecule has 2 fully saturated rings. The van der Waals surface area contributed by atoms with Gasteiger partial charge >= 0.3 is 6.18 Å². The lowest BCUT2D eigenvalue weighted by Crippen LogP contribution is -2.55. The monoisotopic (exact) mass is 458 g/mol. The maximum Gasteiger partial charge on any atom is 0.407 e. The summed E-state index contributed by atoms with van der Waals surface area (Å²) in [5.41, 5.74) is 3.88. The van der Waals surface area contributed by atoms with Gasteiger partial charge in [-0.1, -0.05) is 18.2 Å². The van der Waals surface area contributed by atoms with Crippen molar-refractivity contribution in [3.63, 3.8) is 0 Å². The number of nitrogens with zero attached hydrogens (tertiary/aromatic N) is 3. The number of halogens is 3. The SMILES string of the molecule is [C-]#[N+]c1ccc(N2C(=O)C3(CCC3)N(c3ccc(CC(N)=O)cc3)C2=S)cc1C(F)(F)F. The third-order valence-electron chi connectivity index (χ3n) is 5.83. The molecule has 1 saturated heterocycles. The molecular weight excluding hydrogens is 441 g/mol. The highest BCUT2D eigenvalue weighted by Crippen LogP contribution is 2.48. The number of nitrogens with two attached hydrogens (primary N) is 1. The second-order valence-corrected chi connectivity index (χ2v) is 8.13. The Balaban J connectivity index is 1.76. The van der Waals surface area contributed by atoms with Gasteiger partial charge in [-0.25, -0.2) is 4.85 Å². The van der Waals surface area contributed by atoms with Crippen LogP contribution >= 0.6 is 12.2 Å². The van der Waals surface area contributed by atoms with E-state index in [0.717, 1.165) is 23.5 Å². The number of carbonyl (C=O) groups excluding carboxylic acids is 2. The van der Waals surface area contributed by atoms with Gasteiger partial charge in [-0.3, -0.25) is 14.5 Å². The number of carbonyl (C=O) groups is 2. The lowest BCUT2D eigenvalue weighted by atomic mass is 9.75. The Morgan fingerprint density at radius 3 is 2.28 bits per heavy atom. The Morgan fingerprint density at radius 2 is 1.78 bits per heavy atom. The third kappa shape index (κ3) is 3.39. The molecule has 0 aromatic heterocycles. The summed E-state index contributed by atoms with van der Waals surface area (Å²) in [5, 5.41) is 0.0704. The molecule has 0 radical (unpaired) electrons. The lowest BCUT2D eigenvalue weighted by Gasteiger charge is -2.43. The van der Waals surface area contributed by atoms with Crippen LogP contribution in [0.3, 0.4) is 0 Å². The Morgan fingerprint density at radius 1 is 1.16 bits per heavy atom. The van der Waals surface area contributed by atoms with Crippen LogP contribution in [0.2, 0.25) is 0 Å². The third-order valence-corrected chi connectivity index (χ3v) is 6.19. The van der Waals surface area contributed by atoms with Crippen molar-refractivity contribution in [2.45, 2.75) is 37.4 Å². The van der Waals surface area contributed by atoms with E-state index in [4.69, 9.17) is 24.5 Å². The Kier molecular flexibility index (Phi) is 5.17. The fourth-order valence-electron chi connectivity index (χ4n) is 4.16. The molecule has 32 heavy (non-hydrogen) atoms. The predicted molar refractivity (Wildman–Crippen MR) is 116 cm³/mol. The molecule has 10 heteroatoms. The van der Waals surface area contributed by atoms with Crippen molar-refractivity contribution < 1.29 is 22.8 Å². The van der Waals surface area contributed by atoms with Gasteiger partial charge in [-0.15, -0.1) is 0 Å².